The molecule has 1 aliphatic rings. The molecule has 2 amide bonds. The SMILES string of the molecule is COCCOC(=O)C1=C(c2ccccc2)NC(=O)NC1c1coc2c(ccc3occc32)c1=O. The van der Waals surface area contributed by atoms with Crippen molar-refractivity contribution in [2.75, 3.05) is 20.3 Å². The van der Waals surface area contributed by atoms with Crippen LogP contribution < -0.4 is 16.1 Å². The maximum Gasteiger partial charge on any atom is 0.338 e. The van der Waals surface area contributed by atoms with E-state index in [1.807, 2.05) is 6.07 Å². The van der Waals surface area contributed by atoms with Gasteiger partial charge in [0.2, 0.25) is 0 Å². The molecule has 3 heterocycles. The Morgan fingerprint density at radius 3 is 2.62 bits per heavy atom. The number of nitrogens with one attached hydrogen (secondary N) is 2. The second kappa shape index (κ2) is 8.87. The summed E-state index contributed by atoms with van der Waals surface area (Å²) >= 11 is 0. The zero-order chi connectivity index (χ0) is 23.7. The Hall–Kier alpha value is -4.37. The van der Waals surface area contributed by atoms with Gasteiger partial charge in [-0.05, 0) is 23.8 Å². The first-order valence-electron chi connectivity index (χ1n) is 10.5. The quantitative estimate of drug-likeness (QED) is 0.334. The van der Waals surface area contributed by atoms with E-state index in [1.165, 1.54) is 19.6 Å². The Morgan fingerprint density at radius 2 is 1.82 bits per heavy atom. The standard InChI is InChI=1S/C25H20N2O7/c1-31-11-12-33-24(29)19-20(14-5-3-2-4-6-14)26-25(30)27-21(19)17-13-34-23-15-9-10-32-18(15)8-7-16(23)22(17)28/h2-10,13,21H,11-12H2,1H3,(H2,26,27,30). The van der Waals surface area contributed by atoms with Crippen molar-refractivity contribution in [2.24, 2.45) is 0 Å². The predicted molar refractivity (Wildman–Crippen MR) is 123 cm³/mol. The van der Waals surface area contributed by atoms with Crippen molar-refractivity contribution in [1.82, 2.24) is 10.6 Å². The molecule has 0 aliphatic carbocycles. The molecule has 0 bridgehead atoms. The molecule has 9 nitrogen and oxygen atoms in total. The molecule has 5 rings (SSSR count). The summed E-state index contributed by atoms with van der Waals surface area (Å²) in [6, 6.07) is 12.2. The van der Waals surface area contributed by atoms with Crippen molar-refractivity contribution in [2.45, 2.75) is 6.04 Å². The molecular formula is C25H20N2O7. The average Bonchev–Trinajstić information content (AvgIpc) is 3.34. The van der Waals surface area contributed by atoms with E-state index in [9.17, 15) is 14.4 Å². The molecule has 0 radical (unpaired) electrons. The first-order chi connectivity index (χ1) is 16.6. The van der Waals surface area contributed by atoms with E-state index in [4.69, 9.17) is 18.3 Å². The summed E-state index contributed by atoms with van der Waals surface area (Å²) < 4.78 is 21.5. The Labute approximate surface area is 192 Å². The molecule has 0 fully saturated rings. The van der Waals surface area contributed by atoms with Crippen LogP contribution in [0, 0.1) is 0 Å². The predicted octanol–water partition coefficient (Wildman–Crippen LogP) is 3.49. The van der Waals surface area contributed by atoms with E-state index in [-0.39, 0.29) is 35.5 Å². The summed E-state index contributed by atoms with van der Waals surface area (Å²) in [5.41, 5.74) is 1.57. The van der Waals surface area contributed by atoms with E-state index in [1.54, 1.807) is 42.5 Å². The summed E-state index contributed by atoms with van der Waals surface area (Å²) in [6.45, 7) is 0.204. The van der Waals surface area contributed by atoms with Crippen molar-refractivity contribution < 1.29 is 27.9 Å². The van der Waals surface area contributed by atoms with Crippen LogP contribution in [0.2, 0.25) is 0 Å². The third-order valence-corrected chi connectivity index (χ3v) is 5.58. The number of esters is 1. The summed E-state index contributed by atoms with van der Waals surface area (Å²) in [5, 5.41) is 6.30. The first-order valence-corrected chi connectivity index (χ1v) is 10.5. The van der Waals surface area contributed by atoms with Gasteiger partial charge in [-0.15, -0.1) is 0 Å². The molecule has 2 aromatic heterocycles. The van der Waals surface area contributed by atoms with Gasteiger partial charge in [0.1, 0.15) is 24.0 Å². The Bertz CT molecular complexity index is 1480. The number of urea groups is 1. The Balaban J connectivity index is 1.69. The highest BCUT2D eigenvalue weighted by atomic mass is 16.6. The normalized spacial score (nSPS) is 15.9. The second-order valence-electron chi connectivity index (χ2n) is 7.61. The highest BCUT2D eigenvalue weighted by Crippen LogP contribution is 2.32. The van der Waals surface area contributed by atoms with E-state index < -0.39 is 18.0 Å². The molecule has 1 atom stereocenters. The average molecular weight is 460 g/mol. The van der Waals surface area contributed by atoms with Crippen LogP contribution >= 0.6 is 0 Å². The van der Waals surface area contributed by atoms with Crippen LogP contribution in [0.3, 0.4) is 0 Å². The topological polar surface area (TPSA) is 120 Å². The number of methoxy groups -OCH3 is 1. The van der Waals surface area contributed by atoms with Gasteiger partial charge in [0, 0.05) is 7.11 Å². The number of ether oxygens (including phenoxy) is 2. The fourth-order valence-electron chi connectivity index (χ4n) is 4.00. The Kier molecular flexibility index (Phi) is 5.60. The van der Waals surface area contributed by atoms with Gasteiger partial charge in [-0.1, -0.05) is 30.3 Å². The number of amides is 2. The lowest BCUT2D eigenvalue weighted by Gasteiger charge is -2.29. The lowest BCUT2D eigenvalue weighted by atomic mass is 9.93. The van der Waals surface area contributed by atoms with Crippen LogP contribution in [0.25, 0.3) is 27.6 Å². The highest BCUT2D eigenvalue weighted by Gasteiger charge is 2.36. The summed E-state index contributed by atoms with van der Waals surface area (Å²) in [5.74, 6) is -0.696. The van der Waals surface area contributed by atoms with Crippen molar-refractivity contribution in [3.63, 3.8) is 0 Å². The number of benzene rings is 2. The largest absolute Gasteiger partial charge is 0.464 e. The number of hydrogen-bond acceptors (Lipinski definition) is 7. The van der Waals surface area contributed by atoms with Crippen LogP contribution in [-0.4, -0.2) is 32.3 Å². The molecule has 2 aromatic carbocycles. The van der Waals surface area contributed by atoms with Crippen molar-refractivity contribution in [3.8, 4) is 0 Å². The number of hydrogen-bond donors (Lipinski definition) is 2. The number of carbonyl (C=O) groups excluding carboxylic acids is 2. The molecule has 1 unspecified atom stereocenters. The first kappa shape index (κ1) is 21.5. The fraction of sp³-hybridized carbons (Fsp3) is 0.160. The third kappa shape index (κ3) is 3.71. The molecule has 172 valence electrons. The van der Waals surface area contributed by atoms with Gasteiger partial charge in [0.05, 0.1) is 46.5 Å². The number of furan rings is 1. The van der Waals surface area contributed by atoms with Crippen molar-refractivity contribution >= 4 is 39.6 Å². The van der Waals surface area contributed by atoms with Gasteiger partial charge < -0.3 is 28.9 Å². The molecular weight excluding hydrogens is 440 g/mol. The maximum atomic E-state index is 13.5. The zero-order valence-corrected chi connectivity index (χ0v) is 18.1. The minimum Gasteiger partial charge on any atom is -0.464 e. The molecule has 1 aliphatic heterocycles. The number of fused-ring (bicyclic) bond motifs is 3. The van der Waals surface area contributed by atoms with E-state index >= 15 is 0 Å². The van der Waals surface area contributed by atoms with Crippen LogP contribution in [0.4, 0.5) is 4.79 Å². The molecule has 9 heteroatoms. The minimum atomic E-state index is -1.10. The number of carbonyl (C=O) groups is 2. The molecule has 34 heavy (non-hydrogen) atoms. The molecule has 0 spiro atoms. The van der Waals surface area contributed by atoms with Crippen LogP contribution in [0.5, 0.6) is 0 Å². The van der Waals surface area contributed by atoms with Gasteiger partial charge >= 0.3 is 12.0 Å². The van der Waals surface area contributed by atoms with Gasteiger partial charge in [-0.25, -0.2) is 9.59 Å². The lowest BCUT2D eigenvalue weighted by Crippen LogP contribution is -2.46. The van der Waals surface area contributed by atoms with Crippen LogP contribution in [-0.2, 0) is 14.3 Å². The summed E-state index contributed by atoms with van der Waals surface area (Å²) in [4.78, 5) is 39.3. The molecule has 2 N–H and O–H groups in total. The van der Waals surface area contributed by atoms with Crippen molar-refractivity contribution in [1.29, 1.82) is 0 Å². The van der Waals surface area contributed by atoms with Gasteiger partial charge in [0.25, 0.3) is 0 Å². The van der Waals surface area contributed by atoms with Crippen molar-refractivity contribution in [3.05, 3.63) is 88.0 Å². The van der Waals surface area contributed by atoms with E-state index in [2.05, 4.69) is 10.6 Å². The van der Waals surface area contributed by atoms with Gasteiger partial charge in [-0.2, -0.15) is 0 Å². The Morgan fingerprint density at radius 1 is 1.00 bits per heavy atom. The van der Waals surface area contributed by atoms with Gasteiger partial charge in [0.15, 0.2) is 5.43 Å². The summed E-state index contributed by atoms with van der Waals surface area (Å²) in [7, 11) is 1.49. The van der Waals surface area contributed by atoms with E-state index in [0.717, 1.165) is 0 Å². The third-order valence-electron chi connectivity index (χ3n) is 5.58. The van der Waals surface area contributed by atoms with Crippen LogP contribution in [0.1, 0.15) is 17.2 Å². The molecule has 0 saturated heterocycles. The monoisotopic (exact) mass is 460 g/mol. The lowest BCUT2D eigenvalue weighted by molar-refractivity contribution is -0.140. The summed E-state index contributed by atoms with van der Waals surface area (Å²) in [6.07, 6.45) is 2.77. The molecule has 0 saturated carbocycles. The van der Waals surface area contributed by atoms with Gasteiger partial charge in [-0.3, -0.25) is 4.79 Å². The fourth-order valence-corrected chi connectivity index (χ4v) is 4.00. The maximum absolute atomic E-state index is 13.5. The van der Waals surface area contributed by atoms with E-state index in [0.29, 0.717) is 27.5 Å². The number of rotatable bonds is 6. The smallest absolute Gasteiger partial charge is 0.338 e. The van der Waals surface area contributed by atoms with Crippen LogP contribution in [0.15, 0.2) is 80.3 Å². The second-order valence-corrected chi connectivity index (χ2v) is 7.61. The minimum absolute atomic E-state index is 0.00632. The molecule has 4 aromatic rings. The zero-order valence-electron chi connectivity index (χ0n) is 18.1. The highest BCUT2D eigenvalue weighted by molar-refractivity contribution is 6.05.